The third-order valence-electron chi connectivity index (χ3n) is 4.24. The maximum absolute atomic E-state index is 9.32. The molecule has 1 aromatic rings. The second kappa shape index (κ2) is 10.2. The Balaban J connectivity index is 2.97. The SMILES string of the molecule is CCC[CH2][Sn]([CH2]CCC)([CH2]CCC)[c]1cnc(CO)s1. The Bertz CT molecular complexity index is 345. The molecule has 0 aliphatic carbocycles. The van der Waals surface area contributed by atoms with Gasteiger partial charge in [0.25, 0.3) is 0 Å². The van der Waals surface area contributed by atoms with Crippen LogP contribution in [0.3, 0.4) is 0 Å². The van der Waals surface area contributed by atoms with E-state index in [-0.39, 0.29) is 6.61 Å². The van der Waals surface area contributed by atoms with E-state index in [1.54, 1.807) is 2.89 Å². The van der Waals surface area contributed by atoms with Crippen molar-refractivity contribution >= 4 is 32.6 Å². The van der Waals surface area contributed by atoms with E-state index < -0.39 is 18.4 Å². The van der Waals surface area contributed by atoms with Gasteiger partial charge in [0.05, 0.1) is 0 Å². The molecule has 0 bridgehead atoms. The van der Waals surface area contributed by atoms with Gasteiger partial charge < -0.3 is 0 Å². The summed E-state index contributed by atoms with van der Waals surface area (Å²) in [6, 6.07) is 0. The van der Waals surface area contributed by atoms with Gasteiger partial charge in [0, 0.05) is 0 Å². The summed E-state index contributed by atoms with van der Waals surface area (Å²) in [5.41, 5.74) is 0. The molecule has 1 N–H and O–H groups in total. The van der Waals surface area contributed by atoms with Crippen molar-refractivity contribution in [3.63, 3.8) is 0 Å². The van der Waals surface area contributed by atoms with Crippen molar-refractivity contribution in [3.05, 3.63) is 11.2 Å². The van der Waals surface area contributed by atoms with Crippen LogP contribution in [-0.4, -0.2) is 28.5 Å². The van der Waals surface area contributed by atoms with Crippen LogP contribution in [0.1, 0.15) is 64.3 Å². The van der Waals surface area contributed by atoms with Crippen LogP contribution < -0.4 is 2.89 Å². The third-order valence-corrected chi connectivity index (χ3v) is 23.4. The second-order valence-electron chi connectivity index (χ2n) is 5.87. The summed E-state index contributed by atoms with van der Waals surface area (Å²) < 4.78 is 6.08. The molecule has 0 aliphatic heterocycles. The number of hydrogen-bond donors (Lipinski definition) is 1. The number of unbranched alkanes of at least 4 members (excludes halogenated alkanes) is 3. The van der Waals surface area contributed by atoms with Gasteiger partial charge in [-0.05, 0) is 0 Å². The molecule has 0 saturated heterocycles. The minimum absolute atomic E-state index is 0.113. The van der Waals surface area contributed by atoms with Crippen molar-refractivity contribution < 1.29 is 5.11 Å². The van der Waals surface area contributed by atoms with E-state index in [9.17, 15) is 5.11 Å². The Morgan fingerprint density at radius 1 is 1.00 bits per heavy atom. The van der Waals surface area contributed by atoms with Gasteiger partial charge in [-0.25, -0.2) is 0 Å². The van der Waals surface area contributed by atoms with E-state index in [0.29, 0.717) is 0 Å². The van der Waals surface area contributed by atoms with Crippen molar-refractivity contribution in [1.82, 2.24) is 4.98 Å². The molecule has 1 rings (SSSR count). The molecular weight excluding hydrogens is 373 g/mol. The second-order valence-corrected chi connectivity index (χ2v) is 21.1. The van der Waals surface area contributed by atoms with Crippen molar-refractivity contribution in [3.8, 4) is 0 Å². The first-order chi connectivity index (χ1) is 9.72. The first-order valence-electron chi connectivity index (χ1n) is 8.28. The van der Waals surface area contributed by atoms with Crippen LogP contribution in [-0.2, 0) is 6.61 Å². The van der Waals surface area contributed by atoms with Gasteiger partial charge in [-0.2, -0.15) is 0 Å². The summed E-state index contributed by atoms with van der Waals surface area (Å²) in [5.74, 6) is 0. The van der Waals surface area contributed by atoms with E-state index in [0.717, 1.165) is 5.01 Å². The van der Waals surface area contributed by atoms with Gasteiger partial charge in [-0.3, -0.25) is 0 Å². The van der Waals surface area contributed by atoms with Crippen LogP contribution in [0.15, 0.2) is 6.20 Å². The molecule has 0 saturated carbocycles. The Morgan fingerprint density at radius 2 is 1.50 bits per heavy atom. The minimum atomic E-state index is -2.25. The topological polar surface area (TPSA) is 33.1 Å². The summed E-state index contributed by atoms with van der Waals surface area (Å²) in [6.45, 7) is 7.04. The van der Waals surface area contributed by atoms with E-state index in [1.807, 2.05) is 11.3 Å². The van der Waals surface area contributed by atoms with E-state index in [4.69, 9.17) is 0 Å². The van der Waals surface area contributed by atoms with Crippen molar-refractivity contribution in [2.75, 3.05) is 0 Å². The molecule has 1 heterocycles. The summed E-state index contributed by atoms with van der Waals surface area (Å²) >= 11 is -0.431. The van der Waals surface area contributed by atoms with Crippen LogP contribution in [0.4, 0.5) is 0 Å². The average Bonchev–Trinajstić information content (AvgIpc) is 2.96. The predicted octanol–water partition coefficient (Wildman–Crippen LogP) is 4.69. The van der Waals surface area contributed by atoms with Crippen LogP contribution in [0, 0.1) is 0 Å². The molecule has 0 aromatic carbocycles. The number of nitrogens with zero attached hydrogens (tertiary/aromatic N) is 1. The van der Waals surface area contributed by atoms with Gasteiger partial charge in [0.2, 0.25) is 0 Å². The fourth-order valence-electron chi connectivity index (χ4n) is 2.92. The first kappa shape index (κ1) is 18.4. The molecule has 0 spiro atoms. The van der Waals surface area contributed by atoms with Crippen LogP contribution in [0.25, 0.3) is 0 Å². The zero-order chi connectivity index (χ0) is 14.8. The standard InChI is InChI=1S/C4H4NOS.3C4H9.Sn/c6-3-4-5-1-2-7-4;3*1-3-4-2;/h1,6H,3H2;3*1,3-4H2,2H3;. The van der Waals surface area contributed by atoms with Crippen LogP contribution in [0.5, 0.6) is 0 Å². The Morgan fingerprint density at radius 3 is 1.85 bits per heavy atom. The summed E-state index contributed by atoms with van der Waals surface area (Å²) in [7, 11) is 0. The van der Waals surface area contributed by atoms with Crippen LogP contribution >= 0.6 is 11.3 Å². The average molecular weight is 404 g/mol. The van der Waals surface area contributed by atoms with Crippen molar-refractivity contribution in [1.29, 1.82) is 0 Å². The predicted molar refractivity (Wildman–Crippen MR) is 92.6 cm³/mol. The van der Waals surface area contributed by atoms with Gasteiger partial charge >= 0.3 is 133 Å². The molecule has 0 fully saturated rings. The number of rotatable bonds is 11. The molecule has 0 aliphatic rings. The Kier molecular flexibility index (Phi) is 9.38. The van der Waals surface area contributed by atoms with E-state index in [1.165, 1.54) is 51.8 Å². The van der Waals surface area contributed by atoms with Gasteiger partial charge in [0.15, 0.2) is 0 Å². The van der Waals surface area contributed by atoms with Gasteiger partial charge in [-0.15, -0.1) is 0 Å². The molecule has 1 aromatic heterocycles. The quantitative estimate of drug-likeness (QED) is 0.543. The fraction of sp³-hybridized carbons (Fsp3) is 0.812. The first-order valence-corrected chi connectivity index (χ1v) is 16.6. The van der Waals surface area contributed by atoms with Gasteiger partial charge in [-0.1, -0.05) is 0 Å². The fourth-order valence-corrected chi connectivity index (χ4v) is 22.6. The van der Waals surface area contributed by atoms with Crippen LogP contribution in [0.2, 0.25) is 13.3 Å². The van der Waals surface area contributed by atoms with E-state index in [2.05, 4.69) is 32.0 Å². The molecule has 20 heavy (non-hydrogen) atoms. The maximum atomic E-state index is 9.32. The van der Waals surface area contributed by atoms with E-state index >= 15 is 0 Å². The molecule has 0 radical (unpaired) electrons. The van der Waals surface area contributed by atoms with Crippen molar-refractivity contribution in [2.24, 2.45) is 0 Å². The number of thiazole rings is 1. The number of aliphatic hydroxyl groups is 1. The molecular formula is C16H31NOSSn. The summed E-state index contributed by atoms with van der Waals surface area (Å²) in [5, 5.41) is 10.2. The van der Waals surface area contributed by atoms with Gasteiger partial charge in [0.1, 0.15) is 0 Å². The normalized spacial score (nSPS) is 12.0. The zero-order valence-corrected chi connectivity index (χ0v) is 17.1. The summed E-state index contributed by atoms with van der Waals surface area (Å²) in [6.07, 6.45) is 10.2. The third kappa shape index (κ3) is 5.30. The molecule has 2 nitrogen and oxygen atoms in total. The number of aromatic nitrogens is 1. The Hall–Kier alpha value is 0.389. The monoisotopic (exact) mass is 405 g/mol. The number of hydrogen-bond acceptors (Lipinski definition) is 3. The number of aliphatic hydroxyl groups excluding tert-OH is 1. The Labute approximate surface area is 132 Å². The molecule has 0 amide bonds. The summed E-state index contributed by atoms with van der Waals surface area (Å²) in [4.78, 5) is 4.45. The zero-order valence-electron chi connectivity index (χ0n) is 13.5. The molecule has 116 valence electrons. The molecule has 0 atom stereocenters. The molecule has 0 unspecified atom stereocenters. The molecule has 4 heteroatoms. The van der Waals surface area contributed by atoms with Crippen molar-refractivity contribution in [2.45, 2.75) is 79.2 Å².